The number of aliphatic hydroxyl groups excluding tert-OH is 1. The zero-order valence-electron chi connectivity index (χ0n) is 11.2. The van der Waals surface area contributed by atoms with Gasteiger partial charge in [-0.1, -0.05) is 0 Å². The number of nitrogens with one attached hydrogen (secondary N) is 1. The Balaban J connectivity index is 2.08. The molecule has 1 fully saturated rings. The summed E-state index contributed by atoms with van der Waals surface area (Å²) in [5.74, 6) is 0.747. The molecule has 2 N–H and O–H groups in total. The summed E-state index contributed by atoms with van der Waals surface area (Å²) in [6.07, 6.45) is 2.31. The number of hydrogen-bond acceptors (Lipinski definition) is 5. The number of aromatic nitrogens is 3. The average Bonchev–Trinajstić information content (AvgIpc) is 3.15. The molecule has 20 heavy (non-hydrogen) atoms. The normalized spacial score (nSPS) is 21.0. The molecule has 0 aliphatic carbocycles. The zero-order chi connectivity index (χ0) is 13.7. The van der Waals surface area contributed by atoms with Crippen LogP contribution >= 0.6 is 11.3 Å². The van der Waals surface area contributed by atoms with E-state index in [2.05, 4.69) is 25.2 Å². The molecule has 0 bridgehead atoms. The van der Waals surface area contributed by atoms with Gasteiger partial charge < -0.3 is 15.0 Å². The van der Waals surface area contributed by atoms with E-state index < -0.39 is 6.10 Å². The van der Waals surface area contributed by atoms with E-state index >= 15 is 0 Å². The van der Waals surface area contributed by atoms with E-state index in [-0.39, 0.29) is 0 Å². The Morgan fingerprint density at radius 3 is 3.15 bits per heavy atom. The first-order valence-electron chi connectivity index (χ1n) is 6.88. The maximum absolute atomic E-state index is 10.1. The van der Waals surface area contributed by atoms with Crippen molar-refractivity contribution >= 4 is 32.6 Å². The number of pyridine rings is 1. The maximum Gasteiger partial charge on any atom is 0.138 e. The van der Waals surface area contributed by atoms with Crippen molar-refractivity contribution in [3.8, 4) is 0 Å². The standard InChI is InChI=1S/C14H16N4OS/c1-8(19)14-17-11-7-16-10-3-5-20-13(10)12(11)18(14)9-2-4-15-6-9/h3,5,7-9,15,19H,2,4,6H2,1H3/t8?,9-/m0/s1. The molecule has 0 radical (unpaired) electrons. The van der Waals surface area contributed by atoms with Gasteiger partial charge in [-0.05, 0) is 31.3 Å². The first-order valence-corrected chi connectivity index (χ1v) is 7.76. The molecule has 4 rings (SSSR count). The maximum atomic E-state index is 10.1. The Labute approximate surface area is 120 Å². The molecule has 0 saturated carbocycles. The van der Waals surface area contributed by atoms with Gasteiger partial charge in [-0.2, -0.15) is 0 Å². The fourth-order valence-corrected chi connectivity index (χ4v) is 3.91. The van der Waals surface area contributed by atoms with Crippen LogP contribution in [0.15, 0.2) is 17.6 Å². The largest absolute Gasteiger partial charge is 0.385 e. The van der Waals surface area contributed by atoms with Crippen LogP contribution in [-0.2, 0) is 0 Å². The van der Waals surface area contributed by atoms with E-state index in [1.54, 1.807) is 18.3 Å². The summed E-state index contributed by atoms with van der Waals surface area (Å²) in [5.41, 5.74) is 3.00. The molecule has 0 aromatic carbocycles. The molecule has 1 saturated heterocycles. The van der Waals surface area contributed by atoms with Crippen LogP contribution in [0.25, 0.3) is 21.3 Å². The first-order chi connectivity index (χ1) is 9.75. The van der Waals surface area contributed by atoms with Crippen LogP contribution in [0, 0.1) is 0 Å². The highest BCUT2D eigenvalue weighted by Crippen LogP contribution is 2.34. The highest BCUT2D eigenvalue weighted by atomic mass is 32.1. The van der Waals surface area contributed by atoms with Gasteiger partial charge in [0.05, 0.1) is 21.9 Å². The summed E-state index contributed by atoms with van der Waals surface area (Å²) < 4.78 is 3.38. The van der Waals surface area contributed by atoms with Crippen LogP contribution in [0.2, 0.25) is 0 Å². The second kappa shape index (κ2) is 4.51. The number of aliphatic hydroxyl groups is 1. The van der Waals surface area contributed by atoms with Crippen LogP contribution in [0.5, 0.6) is 0 Å². The third-order valence-electron chi connectivity index (χ3n) is 3.92. The van der Waals surface area contributed by atoms with Crippen LogP contribution in [0.4, 0.5) is 0 Å². The molecule has 5 nitrogen and oxygen atoms in total. The van der Waals surface area contributed by atoms with Crippen LogP contribution in [-0.4, -0.2) is 32.7 Å². The Bertz CT molecular complexity index is 770. The molecule has 2 atom stereocenters. The molecular weight excluding hydrogens is 272 g/mol. The smallest absolute Gasteiger partial charge is 0.138 e. The fourth-order valence-electron chi connectivity index (χ4n) is 3.02. The Kier molecular flexibility index (Phi) is 2.76. The molecule has 1 aliphatic heterocycles. The Morgan fingerprint density at radius 2 is 2.40 bits per heavy atom. The summed E-state index contributed by atoms with van der Waals surface area (Å²) in [5, 5.41) is 15.5. The minimum absolute atomic E-state index is 0.359. The average molecular weight is 288 g/mol. The van der Waals surface area contributed by atoms with E-state index in [0.717, 1.165) is 46.6 Å². The van der Waals surface area contributed by atoms with Crippen LogP contribution < -0.4 is 5.32 Å². The van der Waals surface area contributed by atoms with Crippen molar-refractivity contribution in [3.63, 3.8) is 0 Å². The molecule has 0 amide bonds. The molecule has 3 aromatic rings. The molecule has 6 heteroatoms. The van der Waals surface area contributed by atoms with Gasteiger partial charge in [0, 0.05) is 12.6 Å². The molecule has 3 aromatic heterocycles. The summed E-state index contributed by atoms with van der Waals surface area (Å²) in [6, 6.07) is 2.39. The summed E-state index contributed by atoms with van der Waals surface area (Å²) in [6.45, 7) is 3.72. The lowest BCUT2D eigenvalue weighted by Gasteiger charge is -2.17. The third kappa shape index (κ3) is 1.69. The topological polar surface area (TPSA) is 63.0 Å². The monoisotopic (exact) mass is 288 g/mol. The molecule has 1 aliphatic rings. The van der Waals surface area contributed by atoms with Gasteiger partial charge in [0.25, 0.3) is 0 Å². The number of thiophene rings is 1. The second-order valence-corrected chi connectivity index (χ2v) is 6.21. The van der Waals surface area contributed by atoms with E-state index in [0.29, 0.717) is 6.04 Å². The summed E-state index contributed by atoms with van der Waals surface area (Å²) >= 11 is 1.69. The number of nitrogens with zero attached hydrogens (tertiary/aromatic N) is 3. The predicted octanol–water partition coefficient (Wildman–Crippen LogP) is 2.23. The SMILES string of the molecule is CC(O)c1nc2cnc3ccsc3c2n1[C@H]1CCNC1. The number of imidazole rings is 1. The van der Waals surface area contributed by atoms with E-state index in [9.17, 15) is 5.11 Å². The molecule has 0 spiro atoms. The van der Waals surface area contributed by atoms with E-state index in [1.807, 2.05) is 12.3 Å². The Morgan fingerprint density at radius 1 is 1.50 bits per heavy atom. The second-order valence-electron chi connectivity index (χ2n) is 5.29. The lowest BCUT2D eigenvalue weighted by molar-refractivity contribution is 0.182. The van der Waals surface area contributed by atoms with Gasteiger partial charge >= 0.3 is 0 Å². The summed E-state index contributed by atoms with van der Waals surface area (Å²) in [4.78, 5) is 9.06. The predicted molar refractivity (Wildman–Crippen MR) is 80.1 cm³/mol. The van der Waals surface area contributed by atoms with Crippen molar-refractivity contribution in [2.24, 2.45) is 0 Å². The van der Waals surface area contributed by atoms with Crippen molar-refractivity contribution in [2.75, 3.05) is 13.1 Å². The number of rotatable bonds is 2. The third-order valence-corrected chi connectivity index (χ3v) is 4.83. The van der Waals surface area contributed by atoms with Gasteiger partial charge in [0.1, 0.15) is 17.4 Å². The summed E-state index contributed by atoms with van der Waals surface area (Å²) in [7, 11) is 0. The lowest BCUT2D eigenvalue weighted by atomic mass is 10.2. The minimum Gasteiger partial charge on any atom is -0.385 e. The van der Waals surface area contributed by atoms with Gasteiger partial charge in [-0.3, -0.25) is 4.98 Å². The highest BCUT2D eigenvalue weighted by molar-refractivity contribution is 7.18. The van der Waals surface area contributed by atoms with Crippen molar-refractivity contribution in [1.29, 1.82) is 0 Å². The zero-order valence-corrected chi connectivity index (χ0v) is 12.0. The fraction of sp³-hybridized carbons (Fsp3) is 0.429. The van der Waals surface area contributed by atoms with Crippen molar-refractivity contribution in [2.45, 2.75) is 25.5 Å². The van der Waals surface area contributed by atoms with Crippen molar-refractivity contribution in [1.82, 2.24) is 19.9 Å². The van der Waals surface area contributed by atoms with Crippen molar-refractivity contribution < 1.29 is 5.11 Å². The van der Waals surface area contributed by atoms with Gasteiger partial charge in [0.15, 0.2) is 0 Å². The van der Waals surface area contributed by atoms with E-state index in [1.165, 1.54) is 0 Å². The van der Waals surface area contributed by atoms with Gasteiger partial charge in [-0.25, -0.2) is 4.98 Å². The van der Waals surface area contributed by atoms with Crippen molar-refractivity contribution in [3.05, 3.63) is 23.5 Å². The quantitative estimate of drug-likeness (QED) is 0.759. The molecule has 4 heterocycles. The number of fused-ring (bicyclic) bond motifs is 3. The Hall–Kier alpha value is -1.50. The molecular formula is C14H16N4OS. The molecule has 1 unspecified atom stereocenters. The van der Waals surface area contributed by atoms with E-state index in [4.69, 9.17) is 0 Å². The van der Waals surface area contributed by atoms with Crippen LogP contribution in [0.1, 0.15) is 31.3 Å². The minimum atomic E-state index is -0.571. The van der Waals surface area contributed by atoms with Gasteiger partial charge in [-0.15, -0.1) is 11.3 Å². The van der Waals surface area contributed by atoms with Crippen LogP contribution in [0.3, 0.4) is 0 Å². The van der Waals surface area contributed by atoms with Gasteiger partial charge in [0.2, 0.25) is 0 Å². The lowest BCUT2D eigenvalue weighted by Crippen LogP contribution is -2.17. The molecule has 104 valence electrons. The first kappa shape index (κ1) is 12.3. The number of hydrogen-bond donors (Lipinski definition) is 2. The highest BCUT2D eigenvalue weighted by Gasteiger charge is 2.25.